The van der Waals surface area contributed by atoms with Gasteiger partial charge in [0.05, 0.1) is 0 Å². The summed E-state index contributed by atoms with van der Waals surface area (Å²) in [5.74, 6) is 0. The van der Waals surface area contributed by atoms with Crippen molar-refractivity contribution in [3.05, 3.63) is 34.9 Å². The van der Waals surface area contributed by atoms with Gasteiger partial charge >= 0.3 is 0 Å². The predicted molar refractivity (Wildman–Crippen MR) is 59.2 cm³/mol. The van der Waals surface area contributed by atoms with E-state index in [1.54, 1.807) is 0 Å². The van der Waals surface area contributed by atoms with E-state index in [2.05, 4.69) is 32.0 Å². The Bertz CT molecular complexity index is 296. The van der Waals surface area contributed by atoms with Crippen molar-refractivity contribution in [2.75, 3.05) is 6.61 Å². The second kappa shape index (κ2) is 5.13. The molecule has 0 saturated carbocycles. The van der Waals surface area contributed by atoms with Gasteiger partial charge in [0.1, 0.15) is 0 Å². The Morgan fingerprint density at radius 2 is 2.07 bits per heavy atom. The Kier molecular flexibility index (Phi) is 4.11. The van der Waals surface area contributed by atoms with Gasteiger partial charge in [0, 0.05) is 12.6 Å². The van der Waals surface area contributed by atoms with Gasteiger partial charge in [-0.1, -0.05) is 23.8 Å². The minimum Gasteiger partial charge on any atom is -0.396 e. The molecule has 0 saturated heterocycles. The summed E-state index contributed by atoms with van der Waals surface area (Å²) in [6.07, 6.45) is 1.62. The number of hydrogen-bond acceptors (Lipinski definition) is 2. The molecule has 0 radical (unpaired) electrons. The number of nitrogens with two attached hydrogens (primary N) is 1. The molecule has 1 aromatic rings. The number of aliphatic hydroxyl groups excluding tert-OH is 1. The second-order valence-corrected chi connectivity index (χ2v) is 3.83. The highest BCUT2D eigenvalue weighted by Crippen LogP contribution is 2.20. The van der Waals surface area contributed by atoms with Crippen LogP contribution in [0.15, 0.2) is 18.2 Å². The fraction of sp³-hybridized carbons (Fsp3) is 0.500. The molecule has 1 aromatic carbocycles. The van der Waals surface area contributed by atoms with Crippen LogP contribution in [-0.4, -0.2) is 11.7 Å². The van der Waals surface area contributed by atoms with Gasteiger partial charge in [-0.2, -0.15) is 0 Å². The highest BCUT2D eigenvalue weighted by molar-refractivity contribution is 5.32. The average molecular weight is 193 g/mol. The average Bonchev–Trinajstić information content (AvgIpc) is 2.18. The number of aliphatic hydroxyl groups is 1. The number of aryl methyl sites for hydroxylation is 2. The third-order valence-electron chi connectivity index (χ3n) is 2.51. The minimum absolute atomic E-state index is 0.0575. The van der Waals surface area contributed by atoms with E-state index in [-0.39, 0.29) is 12.6 Å². The second-order valence-electron chi connectivity index (χ2n) is 3.83. The Balaban J connectivity index is 2.77. The molecule has 3 N–H and O–H groups in total. The van der Waals surface area contributed by atoms with Crippen molar-refractivity contribution in [1.82, 2.24) is 0 Å². The lowest BCUT2D eigenvalue weighted by Crippen LogP contribution is -2.12. The monoisotopic (exact) mass is 193 g/mol. The number of benzene rings is 1. The topological polar surface area (TPSA) is 46.2 Å². The van der Waals surface area contributed by atoms with Crippen LogP contribution >= 0.6 is 0 Å². The van der Waals surface area contributed by atoms with E-state index in [0.29, 0.717) is 0 Å². The molecule has 1 atom stereocenters. The molecule has 0 fully saturated rings. The molecule has 0 unspecified atom stereocenters. The zero-order valence-corrected chi connectivity index (χ0v) is 8.96. The van der Waals surface area contributed by atoms with Crippen LogP contribution in [0, 0.1) is 13.8 Å². The van der Waals surface area contributed by atoms with E-state index in [0.717, 1.165) is 12.8 Å². The van der Waals surface area contributed by atoms with Gasteiger partial charge in [0.25, 0.3) is 0 Å². The van der Waals surface area contributed by atoms with Gasteiger partial charge in [0.15, 0.2) is 0 Å². The van der Waals surface area contributed by atoms with Crippen LogP contribution in [0.1, 0.15) is 35.6 Å². The van der Waals surface area contributed by atoms with Crippen LogP contribution in [0.3, 0.4) is 0 Å². The van der Waals surface area contributed by atoms with Crippen LogP contribution in [0.5, 0.6) is 0 Å². The molecule has 0 aromatic heterocycles. The normalized spacial score (nSPS) is 12.9. The Labute approximate surface area is 85.8 Å². The first-order valence-electron chi connectivity index (χ1n) is 5.08. The molecule has 1 rings (SSSR count). The third-order valence-corrected chi connectivity index (χ3v) is 2.51. The molecule has 2 nitrogen and oxygen atoms in total. The molecule has 0 bridgehead atoms. The van der Waals surface area contributed by atoms with Crippen LogP contribution in [-0.2, 0) is 0 Å². The molecule has 14 heavy (non-hydrogen) atoms. The lowest BCUT2D eigenvalue weighted by atomic mass is 9.96. The Morgan fingerprint density at radius 1 is 1.36 bits per heavy atom. The van der Waals surface area contributed by atoms with Gasteiger partial charge in [-0.05, 0) is 37.8 Å². The highest BCUT2D eigenvalue weighted by atomic mass is 16.2. The molecule has 0 spiro atoms. The minimum atomic E-state index is 0.0575. The molecule has 0 aliphatic rings. The van der Waals surface area contributed by atoms with Crippen molar-refractivity contribution in [3.8, 4) is 0 Å². The summed E-state index contributed by atoms with van der Waals surface area (Å²) in [5, 5.41) is 8.73. The van der Waals surface area contributed by atoms with Crippen molar-refractivity contribution in [2.45, 2.75) is 32.7 Å². The maximum absolute atomic E-state index is 8.73. The van der Waals surface area contributed by atoms with E-state index < -0.39 is 0 Å². The smallest absolute Gasteiger partial charge is 0.0431 e. The van der Waals surface area contributed by atoms with Crippen molar-refractivity contribution in [3.63, 3.8) is 0 Å². The Morgan fingerprint density at radius 3 is 2.71 bits per heavy atom. The predicted octanol–water partition coefficient (Wildman–Crippen LogP) is 2.08. The molecule has 78 valence electrons. The lowest BCUT2D eigenvalue weighted by molar-refractivity contribution is 0.280. The highest BCUT2D eigenvalue weighted by Gasteiger charge is 2.08. The van der Waals surface area contributed by atoms with E-state index in [9.17, 15) is 0 Å². The summed E-state index contributed by atoms with van der Waals surface area (Å²) in [7, 11) is 0. The summed E-state index contributed by atoms with van der Waals surface area (Å²) < 4.78 is 0. The molecule has 0 heterocycles. The quantitative estimate of drug-likeness (QED) is 0.769. The summed E-state index contributed by atoms with van der Waals surface area (Å²) in [6.45, 7) is 4.37. The summed E-state index contributed by atoms with van der Waals surface area (Å²) in [4.78, 5) is 0. The SMILES string of the molecule is Cc1ccc(C)c([C@H](N)CCCO)c1. The number of hydrogen-bond donors (Lipinski definition) is 2. The fourth-order valence-electron chi connectivity index (χ4n) is 1.63. The maximum atomic E-state index is 8.73. The van der Waals surface area contributed by atoms with Gasteiger partial charge in [-0.25, -0.2) is 0 Å². The lowest BCUT2D eigenvalue weighted by Gasteiger charge is -2.14. The molecular weight excluding hydrogens is 174 g/mol. The standard InChI is InChI=1S/C12H19NO/c1-9-5-6-10(2)11(8-9)12(13)4-3-7-14/h5-6,8,12,14H,3-4,7,13H2,1-2H3/t12-/m1/s1. The van der Waals surface area contributed by atoms with Crippen LogP contribution < -0.4 is 5.73 Å². The van der Waals surface area contributed by atoms with Gasteiger partial charge in [-0.3, -0.25) is 0 Å². The summed E-state index contributed by atoms with van der Waals surface area (Å²) in [6, 6.07) is 6.39. The molecule has 0 aliphatic carbocycles. The van der Waals surface area contributed by atoms with Gasteiger partial charge in [0.2, 0.25) is 0 Å². The van der Waals surface area contributed by atoms with Gasteiger partial charge in [-0.15, -0.1) is 0 Å². The maximum Gasteiger partial charge on any atom is 0.0431 e. The molecule has 0 amide bonds. The van der Waals surface area contributed by atoms with E-state index in [1.807, 2.05) is 0 Å². The molecule has 2 heteroatoms. The van der Waals surface area contributed by atoms with Crippen LogP contribution in [0.4, 0.5) is 0 Å². The zero-order valence-electron chi connectivity index (χ0n) is 8.96. The Hall–Kier alpha value is -0.860. The first kappa shape index (κ1) is 11.2. The summed E-state index contributed by atoms with van der Waals surface area (Å²) >= 11 is 0. The summed E-state index contributed by atoms with van der Waals surface area (Å²) in [5.41, 5.74) is 9.72. The van der Waals surface area contributed by atoms with Crippen LogP contribution in [0.25, 0.3) is 0 Å². The largest absolute Gasteiger partial charge is 0.396 e. The molecular formula is C12H19NO. The fourth-order valence-corrected chi connectivity index (χ4v) is 1.63. The van der Waals surface area contributed by atoms with Crippen molar-refractivity contribution in [2.24, 2.45) is 5.73 Å². The van der Waals surface area contributed by atoms with Crippen molar-refractivity contribution in [1.29, 1.82) is 0 Å². The molecule has 0 aliphatic heterocycles. The first-order chi connectivity index (χ1) is 6.65. The van der Waals surface area contributed by atoms with Crippen LogP contribution in [0.2, 0.25) is 0 Å². The van der Waals surface area contributed by atoms with Crippen molar-refractivity contribution < 1.29 is 5.11 Å². The first-order valence-corrected chi connectivity index (χ1v) is 5.08. The van der Waals surface area contributed by atoms with E-state index in [1.165, 1.54) is 16.7 Å². The third kappa shape index (κ3) is 2.82. The van der Waals surface area contributed by atoms with Gasteiger partial charge < -0.3 is 10.8 Å². The zero-order chi connectivity index (χ0) is 10.6. The number of rotatable bonds is 4. The van der Waals surface area contributed by atoms with Crippen molar-refractivity contribution >= 4 is 0 Å². The van der Waals surface area contributed by atoms with E-state index in [4.69, 9.17) is 10.8 Å². The van der Waals surface area contributed by atoms with E-state index >= 15 is 0 Å².